The van der Waals surface area contributed by atoms with Gasteiger partial charge < -0.3 is 35.6 Å². The third kappa shape index (κ3) is 6.32. The molecule has 1 fully saturated rings. The number of ether oxygens (including phenoxy) is 4. The number of hydrogen-bond acceptors (Lipinski definition) is 11. The molecular weight excluding hydrogens is 464 g/mol. The molecule has 14 heteroatoms. The molecule has 3 N–H and O–H groups in total. The first-order chi connectivity index (χ1) is 16.3. The predicted octanol–water partition coefficient (Wildman–Crippen LogP) is 0.912. The lowest BCUT2D eigenvalue weighted by Gasteiger charge is -2.37. The molecule has 0 spiro atoms. The molecule has 1 aromatic heterocycles. The van der Waals surface area contributed by atoms with E-state index in [-0.39, 0.29) is 5.82 Å². The first-order valence-electron chi connectivity index (χ1n) is 11.0. The Balaban J connectivity index is 2.66. The molecule has 4 unspecified atom stereocenters. The van der Waals surface area contributed by atoms with E-state index >= 15 is 0 Å². The molecule has 0 aliphatic carbocycles. The molecule has 0 amide bonds. The molecule has 35 heavy (non-hydrogen) atoms. The first-order valence-corrected chi connectivity index (χ1v) is 11.0. The maximum Gasteiger partial charge on any atom is 0.351 e. The standard InChI is InChI=1S/C21H31N6O8/c1-10(2)17(28)32-9-21(25-26-23)15(34-19(30)12(5)6)14(33-18(29)11(3)4)16(35-21)27-8-7-13(22)24-20(27)31/h7-8,10-12,14-16H,9H2,1-6H3,(H3-,22,23,24,25,31)/q-1. The number of carbonyl (C=O) groups excluding carboxylic acids is 3. The van der Waals surface area contributed by atoms with Crippen molar-refractivity contribution in [3.63, 3.8) is 0 Å². The third-order valence-electron chi connectivity index (χ3n) is 5.07. The SMILES string of the molecule is CC(C)C(=O)OCC1(NN=[N-])OC(n2ccc(N)nc2=O)C(OC(=O)C(C)C)C1OC(=O)C(C)C. The fourth-order valence-electron chi connectivity index (χ4n) is 3.08. The zero-order valence-electron chi connectivity index (χ0n) is 20.5. The van der Waals surface area contributed by atoms with Crippen molar-refractivity contribution >= 4 is 23.7 Å². The molecular formula is C21H31N6O8-. The van der Waals surface area contributed by atoms with Crippen LogP contribution in [0.3, 0.4) is 0 Å². The highest BCUT2D eigenvalue weighted by atomic mass is 16.7. The molecule has 4 atom stereocenters. The van der Waals surface area contributed by atoms with Gasteiger partial charge in [0.15, 0.2) is 24.2 Å². The molecule has 14 nitrogen and oxygen atoms in total. The number of carbonyl (C=O) groups is 3. The van der Waals surface area contributed by atoms with Crippen LogP contribution in [-0.2, 0) is 33.3 Å². The fraction of sp³-hybridized carbons (Fsp3) is 0.667. The molecule has 1 saturated heterocycles. The van der Waals surface area contributed by atoms with Crippen molar-refractivity contribution in [2.24, 2.45) is 23.0 Å². The highest BCUT2D eigenvalue weighted by Gasteiger charge is 2.59. The highest BCUT2D eigenvalue weighted by molar-refractivity contribution is 5.73. The van der Waals surface area contributed by atoms with Crippen molar-refractivity contribution < 1.29 is 33.3 Å². The average Bonchev–Trinajstić information content (AvgIpc) is 3.05. The first kappa shape index (κ1) is 27.7. The maximum atomic E-state index is 12.6. The van der Waals surface area contributed by atoms with E-state index < -0.39 is 72.1 Å². The number of hydrogen-bond donors (Lipinski definition) is 2. The van der Waals surface area contributed by atoms with Crippen LogP contribution in [0.5, 0.6) is 0 Å². The topological polar surface area (TPSA) is 196 Å². The van der Waals surface area contributed by atoms with Gasteiger partial charge >= 0.3 is 23.6 Å². The summed E-state index contributed by atoms with van der Waals surface area (Å²) < 4.78 is 23.5. The molecule has 2 heterocycles. The minimum atomic E-state index is -2.04. The lowest BCUT2D eigenvalue weighted by molar-refractivity contribution is -0.191. The minimum Gasteiger partial charge on any atom is -0.462 e. The Labute approximate surface area is 201 Å². The molecule has 1 aromatic rings. The van der Waals surface area contributed by atoms with E-state index in [2.05, 4.69) is 15.6 Å². The van der Waals surface area contributed by atoms with Gasteiger partial charge in [0.05, 0.1) is 17.8 Å². The third-order valence-corrected chi connectivity index (χ3v) is 5.07. The Morgan fingerprint density at radius 2 is 1.71 bits per heavy atom. The summed E-state index contributed by atoms with van der Waals surface area (Å²) in [5, 5.41) is 2.91. The summed E-state index contributed by atoms with van der Waals surface area (Å²) in [5.74, 6) is -3.84. The van der Waals surface area contributed by atoms with Crippen LogP contribution in [0.4, 0.5) is 5.82 Å². The van der Waals surface area contributed by atoms with Crippen LogP contribution in [0.15, 0.2) is 22.3 Å². The van der Waals surface area contributed by atoms with Gasteiger partial charge in [-0.1, -0.05) is 41.5 Å². The molecule has 0 bridgehead atoms. The van der Waals surface area contributed by atoms with Crippen molar-refractivity contribution in [2.45, 2.75) is 65.7 Å². The van der Waals surface area contributed by atoms with Gasteiger partial charge in [-0.05, 0) is 6.07 Å². The Hall–Kier alpha value is -3.55. The normalized spacial score (nSPS) is 23.9. The van der Waals surface area contributed by atoms with Crippen molar-refractivity contribution in [1.82, 2.24) is 15.0 Å². The number of aromatic nitrogens is 2. The summed E-state index contributed by atoms with van der Waals surface area (Å²) >= 11 is 0. The van der Waals surface area contributed by atoms with E-state index in [0.29, 0.717) is 0 Å². The smallest absolute Gasteiger partial charge is 0.351 e. The van der Waals surface area contributed by atoms with E-state index in [1.54, 1.807) is 41.5 Å². The lowest BCUT2D eigenvalue weighted by Crippen LogP contribution is -2.58. The Morgan fingerprint density at radius 1 is 1.14 bits per heavy atom. The van der Waals surface area contributed by atoms with Gasteiger partial charge in [0.1, 0.15) is 12.4 Å². The van der Waals surface area contributed by atoms with Crippen LogP contribution < -0.4 is 16.8 Å². The monoisotopic (exact) mass is 495 g/mol. The van der Waals surface area contributed by atoms with Gasteiger partial charge in [-0.15, -0.1) is 0 Å². The number of nitrogens with one attached hydrogen (secondary N) is 1. The van der Waals surface area contributed by atoms with Crippen molar-refractivity contribution in [2.75, 3.05) is 12.3 Å². The second-order valence-electron chi connectivity index (χ2n) is 8.98. The average molecular weight is 496 g/mol. The van der Waals surface area contributed by atoms with Crippen molar-refractivity contribution in [3.8, 4) is 0 Å². The summed E-state index contributed by atoms with van der Waals surface area (Å²) in [4.78, 5) is 53.7. The van der Waals surface area contributed by atoms with Crippen LogP contribution in [0.1, 0.15) is 47.8 Å². The van der Waals surface area contributed by atoms with Gasteiger partial charge in [-0.2, -0.15) is 4.98 Å². The highest BCUT2D eigenvalue weighted by Crippen LogP contribution is 2.40. The van der Waals surface area contributed by atoms with Crippen LogP contribution in [0, 0.1) is 17.8 Å². The number of rotatable bonds is 10. The molecule has 0 aromatic carbocycles. The van der Waals surface area contributed by atoms with Gasteiger partial charge in [-0.25, -0.2) is 4.79 Å². The largest absolute Gasteiger partial charge is 0.462 e. The summed E-state index contributed by atoms with van der Waals surface area (Å²) in [6.45, 7) is 8.87. The Morgan fingerprint density at radius 3 is 2.23 bits per heavy atom. The quantitative estimate of drug-likeness (QED) is 0.202. The van der Waals surface area contributed by atoms with E-state index in [1.807, 2.05) is 0 Å². The second-order valence-corrected chi connectivity index (χ2v) is 8.98. The number of esters is 3. The number of anilines is 1. The molecule has 0 radical (unpaired) electrons. The summed E-state index contributed by atoms with van der Waals surface area (Å²) in [7, 11) is 0. The Bertz CT molecular complexity index is 1010. The van der Waals surface area contributed by atoms with Crippen LogP contribution in [0.2, 0.25) is 0 Å². The second kappa shape index (κ2) is 11.3. The van der Waals surface area contributed by atoms with Crippen LogP contribution in [-0.4, -0.2) is 52.0 Å². The van der Waals surface area contributed by atoms with E-state index in [4.69, 9.17) is 24.7 Å². The summed E-state index contributed by atoms with van der Waals surface area (Å²) in [6, 6.07) is 1.31. The molecule has 1 aliphatic heterocycles. The van der Waals surface area contributed by atoms with Crippen LogP contribution in [0.25, 0.3) is 5.53 Å². The van der Waals surface area contributed by atoms with Gasteiger partial charge in [0.2, 0.25) is 0 Å². The summed E-state index contributed by atoms with van der Waals surface area (Å²) in [5.41, 5.74) is 14.3. The maximum absolute atomic E-state index is 12.6. The zero-order chi connectivity index (χ0) is 26.5. The molecule has 1 aliphatic rings. The van der Waals surface area contributed by atoms with E-state index in [1.165, 1.54) is 12.3 Å². The van der Waals surface area contributed by atoms with E-state index in [9.17, 15) is 24.7 Å². The number of nitrogens with zero attached hydrogens (tertiary/aromatic N) is 4. The van der Waals surface area contributed by atoms with Gasteiger partial charge in [-0.3, -0.25) is 24.2 Å². The zero-order valence-corrected chi connectivity index (χ0v) is 20.5. The van der Waals surface area contributed by atoms with Gasteiger partial charge in [0.25, 0.3) is 0 Å². The van der Waals surface area contributed by atoms with Crippen molar-refractivity contribution in [3.05, 3.63) is 28.3 Å². The number of nitrogen functional groups attached to an aromatic ring is 1. The van der Waals surface area contributed by atoms with Crippen LogP contribution >= 0.6 is 0 Å². The molecule has 0 saturated carbocycles. The fourth-order valence-corrected chi connectivity index (χ4v) is 3.08. The van der Waals surface area contributed by atoms with Gasteiger partial charge in [0, 0.05) is 6.20 Å². The van der Waals surface area contributed by atoms with Crippen molar-refractivity contribution in [1.29, 1.82) is 0 Å². The summed E-state index contributed by atoms with van der Waals surface area (Å²) in [6.07, 6.45) is -3.15. The lowest BCUT2D eigenvalue weighted by atomic mass is 10.0. The predicted molar refractivity (Wildman–Crippen MR) is 120 cm³/mol. The van der Waals surface area contributed by atoms with E-state index in [0.717, 1.165) is 4.57 Å². The minimum absolute atomic E-state index is 0.0663. The number of nitrogens with two attached hydrogens (primary N) is 1. The Kier molecular flexibility index (Phi) is 8.90. The molecule has 2 rings (SSSR count). The molecule has 194 valence electrons.